The second-order valence-electron chi connectivity index (χ2n) is 6.69. The molecule has 2 aliphatic rings. The maximum absolute atomic E-state index is 12.2. The van der Waals surface area contributed by atoms with Crippen LogP contribution in [-0.2, 0) is 4.79 Å². The van der Waals surface area contributed by atoms with E-state index in [4.69, 9.17) is 0 Å². The Morgan fingerprint density at radius 1 is 1.17 bits per heavy atom. The average Bonchev–Trinajstić information content (AvgIpc) is 3.18. The summed E-state index contributed by atoms with van der Waals surface area (Å²) in [7, 11) is 0. The minimum atomic E-state index is -0.356. The van der Waals surface area contributed by atoms with Crippen LogP contribution in [0.3, 0.4) is 0 Å². The molecular weight excluding hydrogens is 370 g/mol. The van der Waals surface area contributed by atoms with Crippen molar-refractivity contribution in [2.45, 2.75) is 50.6 Å². The van der Waals surface area contributed by atoms with Crippen molar-refractivity contribution >= 4 is 27.9 Å². The van der Waals surface area contributed by atoms with Crippen LogP contribution in [0.4, 0.5) is 4.79 Å². The molecule has 2 N–H and O–H groups in total. The normalized spacial score (nSPS) is 21.8. The number of amides is 3. The molecule has 1 aromatic carbocycles. The van der Waals surface area contributed by atoms with Gasteiger partial charge in [0.05, 0.1) is 6.54 Å². The molecule has 1 saturated heterocycles. The lowest BCUT2D eigenvalue weighted by Gasteiger charge is -2.24. The third kappa shape index (κ3) is 4.57. The number of nitrogens with one attached hydrogen (secondary N) is 2. The van der Waals surface area contributed by atoms with Crippen LogP contribution in [0, 0.1) is 0 Å². The number of carbonyl (C=O) groups excluding carboxylic acids is 2. The van der Waals surface area contributed by atoms with E-state index in [2.05, 4.69) is 43.6 Å². The SMILES string of the molecule is O=C(CN1CCCC1c1cccc(Br)c1)NC(=O)NC1CCCC1. The minimum absolute atomic E-state index is 0.221. The van der Waals surface area contributed by atoms with E-state index in [1.165, 1.54) is 5.56 Å². The Morgan fingerprint density at radius 2 is 1.96 bits per heavy atom. The van der Waals surface area contributed by atoms with Gasteiger partial charge in [-0.25, -0.2) is 4.79 Å². The summed E-state index contributed by atoms with van der Waals surface area (Å²) >= 11 is 3.50. The van der Waals surface area contributed by atoms with Gasteiger partial charge >= 0.3 is 6.03 Å². The van der Waals surface area contributed by atoms with Gasteiger partial charge in [-0.15, -0.1) is 0 Å². The second kappa shape index (κ2) is 8.12. The first kappa shape index (κ1) is 17.4. The van der Waals surface area contributed by atoms with Gasteiger partial charge in [-0.05, 0) is 49.9 Å². The first-order valence-corrected chi connectivity index (χ1v) is 9.51. The number of benzene rings is 1. The summed E-state index contributed by atoms with van der Waals surface area (Å²) in [5, 5.41) is 5.37. The standard InChI is InChI=1S/C18H24BrN3O2/c19-14-6-3-5-13(11-14)16-9-4-10-22(16)12-17(23)21-18(24)20-15-7-1-2-8-15/h3,5-6,11,15-16H,1-2,4,7-10,12H2,(H2,20,21,23,24). The molecule has 24 heavy (non-hydrogen) atoms. The summed E-state index contributed by atoms with van der Waals surface area (Å²) in [5.74, 6) is -0.229. The lowest BCUT2D eigenvalue weighted by Crippen LogP contribution is -2.46. The fourth-order valence-electron chi connectivity index (χ4n) is 3.75. The lowest BCUT2D eigenvalue weighted by atomic mass is 10.0. The summed E-state index contributed by atoms with van der Waals surface area (Å²) in [6, 6.07) is 8.33. The van der Waals surface area contributed by atoms with Crippen LogP contribution in [0.15, 0.2) is 28.7 Å². The molecule has 1 aromatic rings. The summed E-state index contributed by atoms with van der Waals surface area (Å²) < 4.78 is 1.05. The largest absolute Gasteiger partial charge is 0.335 e. The van der Waals surface area contributed by atoms with Crippen molar-refractivity contribution in [3.05, 3.63) is 34.3 Å². The van der Waals surface area contributed by atoms with Gasteiger partial charge in [-0.1, -0.05) is 40.9 Å². The molecule has 1 saturated carbocycles. The first-order chi connectivity index (χ1) is 11.6. The maximum atomic E-state index is 12.2. The molecule has 3 rings (SSSR count). The van der Waals surface area contributed by atoms with E-state index in [0.29, 0.717) is 0 Å². The van der Waals surface area contributed by atoms with E-state index >= 15 is 0 Å². The lowest BCUT2D eigenvalue weighted by molar-refractivity contribution is -0.121. The van der Waals surface area contributed by atoms with E-state index in [0.717, 1.165) is 49.5 Å². The molecule has 6 heteroatoms. The molecule has 1 heterocycles. The van der Waals surface area contributed by atoms with Crippen molar-refractivity contribution in [2.75, 3.05) is 13.1 Å². The van der Waals surface area contributed by atoms with Crippen LogP contribution in [0.2, 0.25) is 0 Å². The number of likely N-dealkylation sites (tertiary alicyclic amines) is 1. The predicted octanol–water partition coefficient (Wildman–Crippen LogP) is 3.35. The fraction of sp³-hybridized carbons (Fsp3) is 0.556. The number of halogens is 1. The monoisotopic (exact) mass is 393 g/mol. The topological polar surface area (TPSA) is 61.4 Å². The average molecular weight is 394 g/mol. The minimum Gasteiger partial charge on any atom is -0.335 e. The Balaban J connectivity index is 1.52. The van der Waals surface area contributed by atoms with Crippen molar-refractivity contribution in [2.24, 2.45) is 0 Å². The number of hydrogen-bond acceptors (Lipinski definition) is 3. The maximum Gasteiger partial charge on any atom is 0.321 e. The Morgan fingerprint density at radius 3 is 2.71 bits per heavy atom. The van der Waals surface area contributed by atoms with Gasteiger partial charge in [0.15, 0.2) is 0 Å². The van der Waals surface area contributed by atoms with Crippen molar-refractivity contribution in [3.63, 3.8) is 0 Å². The smallest absolute Gasteiger partial charge is 0.321 e. The molecule has 5 nitrogen and oxygen atoms in total. The molecule has 2 fully saturated rings. The predicted molar refractivity (Wildman–Crippen MR) is 96.6 cm³/mol. The molecule has 1 unspecified atom stereocenters. The van der Waals surface area contributed by atoms with Crippen LogP contribution in [0.25, 0.3) is 0 Å². The number of rotatable bonds is 4. The molecule has 3 amide bonds. The first-order valence-electron chi connectivity index (χ1n) is 8.71. The molecule has 0 aromatic heterocycles. The zero-order chi connectivity index (χ0) is 16.9. The van der Waals surface area contributed by atoms with Crippen LogP contribution in [-0.4, -0.2) is 36.0 Å². The van der Waals surface area contributed by atoms with Crippen LogP contribution >= 0.6 is 15.9 Å². The second-order valence-corrected chi connectivity index (χ2v) is 7.60. The molecule has 0 radical (unpaired) electrons. The quantitative estimate of drug-likeness (QED) is 0.824. The molecule has 1 aliphatic heterocycles. The number of carbonyl (C=O) groups is 2. The Labute approximate surface area is 151 Å². The number of hydrogen-bond donors (Lipinski definition) is 2. The summed E-state index contributed by atoms with van der Waals surface area (Å²) in [4.78, 5) is 26.3. The van der Waals surface area contributed by atoms with E-state index < -0.39 is 0 Å². The number of nitrogens with zero attached hydrogens (tertiary/aromatic N) is 1. The van der Waals surface area contributed by atoms with Gasteiger partial charge in [0.25, 0.3) is 0 Å². The van der Waals surface area contributed by atoms with Crippen LogP contribution in [0.5, 0.6) is 0 Å². The van der Waals surface area contributed by atoms with Crippen molar-refractivity contribution in [3.8, 4) is 0 Å². The van der Waals surface area contributed by atoms with Gasteiger partial charge in [0, 0.05) is 16.6 Å². The van der Waals surface area contributed by atoms with Crippen molar-refractivity contribution < 1.29 is 9.59 Å². The van der Waals surface area contributed by atoms with E-state index in [-0.39, 0.29) is 30.6 Å². The van der Waals surface area contributed by atoms with E-state index in [1.54, 1.807) is 0 Å². The highest BCUT2D eigenvalue weighted by Crippen LogP contribution is 2.32. The molecule has 1 atom stereocenters. The highest BCUT2D eigenvalue weighted by atomic mass is 79.9. The third-order valence-corrected chi connectivity index (χ3v) is 5.38. The summed E-state index contributed by atoms with van der Waals surface area (Å²) in [6.07, 6.45) is 6.44. The zero-order valence-electron chi connectivity index (χ0n) is 13.8. The highest BCUT2D eigenvalue weighted by Gasteiger charge is 2.28. The van der Waals surface area contributed by atoms with Gasteiger partial charge in [0.1, 0.15) is 0 Å². The molecule has 0 bridgehead atoms. The highest BCUT2D eigenvalue weighted by molar-refractivity contribution is 9.10. The van der Waals surface area contributed by atoms with Crippen LogP contribution < -0.4 is 10.6 Å². The molecule has 1 aliphatic carbocycles. The van der Waals surface area contributed by atoms with Crippen LogP contribution in [0.1, 0.15) is 50.1 Å². The number of imide groups is 1. The van der Waals surface area contributed by atoms with Gasteiger partial charge in [-0.2, -0.15) is 0 Å². The van der Waals surface area contributed by atoms with Gasteiger partial charge in [0.2, 0.25) is 5.91 Å². The summed E-state index contributed by atoms with van der Waals surface area (Å²) in [5.41, 5.74) is 1.21. The summed E-state index contributed by atoms with van der Waals surface area (Å²) in [6.45, 7) is 1.14. The van der Waals surface area contributed by atoms with Crippen molar-refractivity contribution in [1.82, 2.24) is 15.5 Å². The van der Waals surface area contributed by atoms with E-state index in [1.807, 2.05) is 12.1 Å². The van der Waals surface area contributed by atoms with Gasteiger partial charge in [-0.3, -0.25) is 15.0 Å². The van der Waals surface area contributed by atoms with Crippen molar-refractivity contribution in [1.29, 1.82) is 0 Å². The fourth-order valence-corrected chi connectivity index (χ4v) is 4.17. The van der Waals surface area contributed by atoms with Gasteiger partial charge < -0.3 is 5.32 Å². The molecular formula is C18H24BrN3O2. The number of urea groups is 1. The Bertz CT molecular complexity index is 602. The Hall–Kier alpha value is -1.40. The van der Waals surface area contributed by atoms with E-state index in [9.17, 15) is 9.59 Å². The third-order valence-electron chi connectivity index (χ3n) is 4.89. The Kier molecular flexibility index (Phi) is 5.89. The molecule has 0 spiro atoms. The zero-order valence-corrected chi connectivity index (χ0v) is 15.3. The molecule has 130 valence electrons.